The molecule has 1 atom stereocenters. The number of hydrazone groups is 1. The number of ether oxygens (including phenoxy) is 1. The van der Waals surface area contributed by atoms with Crippen molar-refractivity contribution in [3.05, 3.63) is 59.9 Å². The quantitative estimate of drug-likeness (QED) is 0.658. The lowest BCUT2D eigenvalue weighted by Crippen LogP contribution is -2.33. The number of amides is 1. The van der Waals surface area contributed by atoms with E-state index in [-0.39, 0.29) is 11.5 Å². The number of phenolic OH excluding ortho intramolecular Hbond substituents is 1. The number of carbonyl (C=O) groups excluding carboxylic acids is 1. The van der Waals surface area contributed by atoms with E-state index in [2.05, 4.69) is 10.5 Å². The molecule has 2 N–H and O–H groups in total. The van der Waals surface area contributed by atoms with Gasteiger partial charge in [-0.3, -0.25) is 4.79 Å². The third-order valence-electron chi connectivity index (χ3n) is 2.79. The number of hydrogen-bond donors (Lipinski definition) is 2. The van der Waals surface area contributed by atoms with Crippen LogP contribution in [0.2, 0.25) is 0 Å². The lowest BCUT2D eigenvalue weighted by molar-refractivity contribution is -0.127. The van der Waals surface area contributed by atoms with E-state index in [4.69, 9.17) is 4.74 Å². The number of nitrogens with zero attached hydrogens (tertiary/aromatic N) is 1. The van der Waals surface area contributed by atoms with Crippen LogP contribution in [-0.2, 0) is 4.79 Å². The molecule has 0 saturated carbocycles. The fraction of sp³-hybridized carbons (Fsp3) is 0.125. The van der Waals surface area contributed by atoms with E-state index in [1.54, 1.807) is 24.3 Å². The van der Waals surface area contributed by atoms with Crippen molar-refractivity contribution in [2.24, 2.45) is 5.10 Å². The fourth-order valence-electron chi connectivity index (χ4n) is 1.65. The zero-order valence-electron chi connectivity index (χ0n) is 11.9. The van der Waals surface area contributed by atoms with Crippen LogP contribution in [0.5, 0.6) is 11.5 Å². The second-order valence-corrected chi connectivity index (χ2v) is 4.51. The van der Waals surface area contributed by atoms with Gasteiger partial charge in [0.05, 0.1) is 6.21 Å². The maximum absolute atomic E-state index is 13.0. The zero-order chi connectivity index (χ0) is 15.9. The predicted octanol–water partition coefficient (Wildman–Crippen LogP) is 2.45. The van der Waals surface area contributed by atoms with Crippen molar-refractivity contribution in [2.45, 2.75) is 13.0 Å². The molecule has 6 heteroatoms. The third kappa shape index (κ3) is 4.31. The van der Waals surface area contributed by atoms with Crippen LogP contribution in [0.3, 0.4) is 0 Å². The summed E-state index contributed by atoms with van der Waals surface area (Å²) < 4.78 is 18.3. The molecule has 0 saturated heterocycles. The maximum atomic E-state index is 13.0. The summed E-state index contributed by atoms with van der Waals surface area (Å²) in [6.07, 6.45) is 0.477. The Kier molecular flexibility index (Phi) is 5.08. The van der Waals surface area contributed by atoms with E-state index in [1.807, 2.05) is 0 Å². The molecular weight excluding hydrogens is 287 g/mol. The van der Waals surface area contributed by atoms with Gasteiger partial charge in [0, 0.05) is 11.6 Å². The van der Waals surface area contributed by atoms with Gasteiger partial charge in [-0.1, -0.05) is 18.2 Å². The van der Waals surface area contributed by atoms with Gasteiger partial charge in [0.1, 0.15) is 17.3 Å². The highest BCUT2D eigenvalue weighted by Crippen LogP contribution is 2.14. The van der Waals surface area contributed by atoms with Crippen molar-refractivity contribution < 1.29 is 19.0 Å². The molecule has 0 spiro atoms. The molecule has 0 radical (unpaired) electrons. The molecule has 0 bridgehead atoms. The minimum Gasteiger partial charge on any atom is -0.507 e. The Balaban J connectivity index is 1.90. The van der Waals surface area contributed by atoms with Gasteiger partial charge in [0.2, 0.25) is 0 Å². The molecule has 2 aromatic rings. The van der Waals surface area contributed by atoms with E-state index >= 15 is 0 Å². The lowest BCUT2D eigenvalue weighted by atomic mass is 10.2. The summed E-state index contributed by atoms with van der Waals surface area (Å²) in [6, 6.07) is 12.1. The Morgan fingerprint density at radius 2 is 2.09 bits per heavy atom. The standard InChI is InChI=1S/C16H15FN2O3/c1-11(22-14-7-4-6-13(17)9-14)16(21)19-18-10-12-5-2-3-8-15(12)20/h2-11,20H,1H3,(H,19,21). The number of rotatable bonds is 5. The van der Waals surface area contributed by atoms with Crippen LogP contribution in [-0.4, -0.2) is 23.3 Å². The molecule has 0 aliphatic carbocycles. The Bertz CT molecular complexity index is 689. The summed E-state index contributed by atoms with van der Waals surface area (Å²) in [5, 5.41) is 13.3. The molecule has 0 aromatic heterocycles. The number of nitrogens with one attached hydrogen (secondary N) is 1. The zero-order valence-corrected chi connectivity index (χ0v) is 11.9. The normalized spacial score (nSPS) is 12.1. The third-order valence-corrected chi connectivity index (χ3v) is 2.79. The van der Waals surface area contributed by atoms with E-state index in [9.17, 15) is 14.3 Å². The van der Waals surface area contributed by atoms with Gasteiger partial charge in [0.25, 0.3) is 5.91 Å². The lowest BCUT2D eigenvalue weighted by Gasteiger charge is -2.12. The van der Waals surface area contributed by atoms with Gasteiger partial charge in [-0.05, 0) is 31.2 Å². The molecule has 5 nitrogen and oxygen atoms in total. The number of carbonyl (C=O) groups is 1. The number of aromatic hydroxyl groups is 1. The second kappa shape index (κ2) is 7.21. The van der Waals surface area contributed by atoms with Crippen molar-refractivity contribution in [3.63, 3.8) is 0 Å². The van der Waals surface area contributed by atoms with Gasteiger partial charge in [-0.15, -0.1) is 0 Å². The second-order valence-electron chi connectivity index (χ2n) is 4.51. The minimum atomic E-state index is -0.844. The summed E-state index contributed by atoms with van der Waals surface area (Å²) >= 11 is 0. The van der Waals surface area contributed by atoms with Crippen LogP contribution in [0.15, 0.2) is 53.6 Å². The van der Waals surface area contributed by atoms with E-state index in [1.165, 1.54) is 37.4 Å². The highest BCUT2D eigenvalue weighted by molar-refractivity contribution is 5.86. The predicted molar refractivity (Wildman–Crippen MR) is 80.3 cm³/mol. The first-order chi connectivity index (χ1) is 10.6. The topological polar surface area (TPSA) is 70.9 Å². The monoisotopic (exact) mass is 302 g/mol. The molecule has 2 rings (SSSR count). The van der Waals surface area contributed by atoms with Crippen molar-refractivity contribution in [1.82, 2.24) is 5.43 Å². The molecule has 0 heterocycles. The number of hydrogen-bond acceptors (Lipinski definition) is 4. The fourth-order valence-corrected chi connectivity index (χ4v) is 1.65. The van der Waals surface area contributed by atoms with Crippen molar-refractivity contribution >= 4 is 12.1 Å². The molecule has 0 aliphatic rings. The number of para-hydroxylation sites is 1. The summed E-state index contributed by atoms with van der Waals surface area (Å²) in [5.74, 6) is -0.615. The summed E-state index contributed by atoms with van der Waals surface area (Å²) in [7, 11) is 0. The molecule has 114 valence electrons. The molecule has 0 fully saturated rings. The Morgan fingerprint density at radius 3 is 2.82 bits per heavy atom. The van der Waals surface area contributed by atoms with Crippen LogP contribution in [0.1, 0.15) is 12.5 Å². The Hall–Kier alpha value is -2.89. The van der Waals surface area contributed by atoms with Crippen molar-refractivity contribution in [2.75, 3.05) is 0 Å². The average Bonchev–Trinajstić information content (AvgIpc) is 2.49. The van der Waals surface area contributed by atoms with Gasteiger partial charge in [-0.2, -0.15) is 5.10 Å². The van der Waals surface area contributed by atoms with Gasteiger partial charge in [0.15, 0.2) is 6.10 Å². The number of halogens is 1. The minimum absolute atomic E-state index is 0.0598. The van der Waals surface area contributed by atoms with E-state index in [0.29, 0.717) is 5.56 Å². The van der Waals surface area contributed by atoms with Gasteiger partial charge >= 0.3 is 0 Å². The molecule has 1 unspecified atom stereocenters. The van der Waals surface area contributed by atoms with Crippen LogP contribution >= 0.6 is 0 Å². The van der Waals surface area contributed by atoms with Crippen LogP contribution in [0.4, 0.5) is 4.39 Å². The first-order valence-corrected chi connectivity index (χ1v) is 6.59. The van der Waals surface area contributed by atoms with Crippen LogP contribution in [0, 0.1) is 5.82 Å². The molecule has 0 aliphatic heterocycles. The van der Waals surface area contributed by atoms with Crippen LogP contribution < -0.4 is 10.2 Å². The summed E-state index contributed by atoms with van der Waals surface area (Å²) in [4.78, 5) is 11.8. The average molecular weight is 302 g/mol. The van der Waals surface area contributed by atoms with Gasteiger partial charge in [-0.25, -0.2) is 9.82 Å². The van der Waals surface area contributed by atoms with E-state index in [0.717, 1.165) is 0 Å². The molecule has 22 heavy (non-hydrogen) atoms. The molecule has 1 amide bonds. The van der Waals surface area contributed by atoms with Crippen molar-refractivity contribution in [3.8, 4) is 11.5 Å². The smallest absolute Gasteiger partial charge is 0.280 e. The first kappa shape index (κ1) is 15.5. The SMILES string of the molecule is CC(Oc1cccc(F)c1)C(=O)NN=Cc1ccccc1O. The van der Waals surface area contributed by atoms with Crippen molar-refractivity contribution in [1.29, 1.82) is 0 Å². The van der Waals surface area contributed by atoms with Crippen LogP contribution in [0.25, 0.3) is 0 Å². The van der Waals surface area contributed by atoms with Gasteiger partial charge < -0.3 is 9.84 Å². The number of benzene rings is 2. The highest BCUT2D eigenvalue weighted by atomic mass is 19.1. The largest absolute Gasteiger partial charge is 0.507 e. The summed E-state index contributed by atoms with van der Waals surface area (Å²) in [6.45, 7) is 1.52. The Labute approximate surface area is 127 Å². The number of phenols is 1. The molecule has 2 aromatic carbocycles. The summed E-state index contributed by atoms with van der Waals surface area (Å²) in [5.41, 5.74) is 2.77. The first-order valence-electron chi connectivity index (χ1n) is 6.59. The Morgan fingerprint density at radius 1 is 1.32 bits per heavy atom. The maximum Gasteiger partial charge on any atom is 0.280 e. The molecular formula is C16H15FN2O3. The van der Waals surface area contributed by atoms with E-state index < -0.39 is 17.8 Å². The highest BCUT2D eigenvalue weighted by Gasteiger charge is 2.14.